The van der Waals surface area contributed by atoms with Crippen molar-refractivity contribution >= 4 is 29.8 Å². The fourth-order valence-electron chi connectivity index (χ4n) is 3.38. The molecule has 0 unspecified atom stereocenters. The first-order valence-corrected chi connectivity index (χ1v) is 10.1. The Hall–Kier alpha value is -4.66. The lowest BCUT2D eigenvalue weighted by Crippen LogP contribution is -2.28. The number of ether oxygens (including phenoxy) is 3. The van der Waals surface area contributed by atoms with Crippen LogP contribution in [0, 0.1) is 0 Å². The first kappa shape index (κ1) is 22.5. The molecule has 1 aliphatic heterocycles. The molecule has 0 saturated heterocycles. The summed E-state index contributed by atoms with van der Waals surface area (Å²) in [6.45, 7) is -0.00685. The lowest BCUT2D eigenvalue weighted by Gasteiger charge is -2.11. The Morgan fingerprint density at radius 3 is 2.47 bits per heavy atom. The molecule has 9 heteroatoms. The number of amides is 2. The minimum absolute atomic E-state index is 0.00685. The molecule has 0 N–H and O–H groups in total. The number of imide groups is 1. The molecule has 2 heterocycles. The molecule has 0 bridgehead atoms. The molecular formula is C25H19NO8. The molecule has 0 radical (unpaired) electrons. The van der Waals surface area contributed by atoms with Gasteiger partial charge in [-0.05, 0) is 54.1 Å². The summed E-state index contributed by atoms with van der Waals surface area (Å²) in [5.41, 5.74) is 1.03. The molecule has 2 aromatic carbocycles. The molecule has 1 aromatic heterocycles. The summed E-state index contributed by atoms with van der Waals surface area (Å²) >= 11 is 0. The van der Waals surface area contributed by atoms with Gasteiger partial charge in [-0.2, -0.15) is 0 Å². The normalized spacial score (nSPS) is 12.7. The van der Waals surface area contributed by atoms with Crippen molar-refractivity contribution in [1.29, 1.82) is 0 Å². The standard InChI is InChI=1S/C25H19NO8/c1-31-21-12-15(6-10-22(27)32-2)5-9-20(21)34-25(30)16-7-8-18-19(13-16)24(29)26(23(18)28)14-17-4-3-11-33-17/h3-13H,14H2,1-2H3/b10-6+. The molecule has 172 valence electrons. The predicted molar refractivity (Wildman–Crippen MR) is 118 cm³/mol. The number of rotatable bonds is 7. The van der Waals surface area contributed by atoms with E-state index in [1.165, 1.54) is 56.9 Å². The highest BCUT2D eigenvalue weighted by Crippen LogP contribution is 2.30. The van der Waals surface area contributed by atoms with Crippen LogP contribution in [0.1, 0.15) is 42.4 Å². The Labute approximate surface area is 194 Å². The smallest absolute Gasteiger partial charge is 0.343 e. The van der Waals surface area contributed by atoms with Crippen LogP contribution >= 0.6 is 0 Å². The second-order valence-electron chi connectivity index (χ2n) is 7.19. The number of furan rings is 1. The van der Waals surface area contributed by atoms with E-state index in [-0.39, 0.29) is 34.7 Å². The summed E-state index contributed by atoms with van der Waals surface area (Å²) < 4.78 is 20.5. The molecule has 9 nitrogen and oxygen atoms in total. The average Bonchev–Trinajstić information content (AvgIpc) is 3.45. The van der Waals surface area contributed by atoms with Crippen molar-refractivity contribution in [1.82, 2.24) is 4.90 Å². The van der Waals surface area contributed by atoms with Gasteiger partial charge in [-0.3, -0.25) is 14.5 Å². The Bertz CT molecular complexity index is 1310. The maximum absolute atomic E-state index is 12.8. The molecule has 3 aromatic rings. The van der Waals surface area contributed by atoms with E-state index >= 15 is 0 Å². The quantitative estimate of drug-likeness (QED) is 0.227. The number of methoxy groups -OCH3 is 2. The SMILES string of the molecule is COC(=O)/C=C/c1ccc(OC(=O)c2ccc3c(c2)C(=O)N(Cc2ccco2)C3=O)c(OC)c1. The van der Waals surface area contributed by atoms with Gasteiger partial charge in [-0.1, -0.05) is 6.07 Å². The number of hydrogen-bond donors (Lipinski definition) is 0. The largest absolute Gasteiger partial charge is 0.493 e. The molecule has 0 aliphatic carbocycles. The van der Waals surface area contributed by atoms with Gasteiger partial charge in [0.1, 0.15) is 5.76 Å². The van der Waals surface area contributed by atoms with E-state index in [9.17, 15) is 19.2 Å². The zero-order chi connectivity index (χ0) is 24.2. The number of carbonyl (C=O) groups is 4. The van der Waals surface area contributed by atoms with E-state index in [1.54, 1.807) is 24.3 Å². The van der Waals surface area contributed by atoms with E-state index in [0.717, 1.165) is 4.90 Å². The molecule has 2 amide bonds. The van der Waals surface area contributed by atoms with Gasteiger partial charge in [0, 0.05) is 6.08 Å². The zero-order valence-electron chi connectivity index (χ0n) is 18.3. The van der Waals surface area contributed by atoms with Crippen LogP contribution in [0.4, 0.5) is 0 Å². The van der Waals surface area contributed by atoms with Crippen LogP contribution < -0.4 is 9.47 Å². The minimum atomic E-state index is -0.733. The predicted octanol–water partition coefficient (Wildman–Crippen LogP) is 3.49. The fraction of sp³-hybridized carbons (Fsp3) is 0.120. The second kappa shape index (κ2) is 9.45. The van der Waals surface area contributed by atoms with Crippen molar-refractivity contribution in [3.05, 3.63) is 88.9 Å². The fourth-order valence-corrected chi connectivity index (χ4v) is 3.38. The topological polar surface area (TPSA) is 112 Å². The van der Waals surface area contributed by atoms with E-state index in [0.29, 0.717) is 11.3 Å². The Balaban J connectivity index is 1.53. The van der Waals surface area contributed by atoms with Gasteiger partial charge in [-0.15, -0.1) is 0 Å². The van der Waals surface area contributed by atoms with Gasteiger partial charge >= 0.3 is 11.9 Å². The van der Waals surface area contributed by atoms with Gasteiger partial charge in [0.2, 0.25) is 0 Å². The lowest BCUT2D eigenvalue weighted by molar-refractivity contribution is -0.134. The van der Waals surface area contributed by atoms with Crippen LogP contribution in [0.5, 0.6) is 11.5 Å². The first-order chi connectivity index (χ1) is 16.4. The Kier molecular flexibility index (Phi) is 6.26. The summed E-state index contributed by atoms with van der Waals surface area (Å²) in [6.07, 6.45) is 4.23. The highest BCUT2D eigenvalue weighted by molar-refractivity contribution is 6.21. The third kappa shape index (κ3) is 4.44. The summed E-state index contributed by atoms with van der Waals surface area (Å²) in [4.78, 5) is 50.5. The zero-order valence-corrected chi connectivity index (χ0v) is 18.3. The van der Waals surface area contributed by atoms with Gasteiger partial charge in [-0.25, -0.2) is 9.59 Å². The number of fused-ring (bicyclic) bond motifs is 1. The third-order valence-corrected chi connectivity index (χ3v) is 5.10. The first-order valence-electron chi connectivity index (χ1n) is 10.1. The molecule has 1 aliphatic rings. The van der Waals surface area contributed by atoms with Crippen LogP contribution in [0.15, 0.2) is 65.3 Å². The average molecular weight is 461 g/mol. The van der Waals surface area contributed by atoms with Gasteiger partial charge < -0.3 is 18.6 Å². The summed E-state index contributed by atoms with van der Waals surface area (Å²) in [6, 6.07) is 12.2. The van der Waals surface area contributed by atoms with Crippen LogP contribution in [-0.2, 0) is 16.1 Å². The summed E-state index contributed by atoms with van der Waals surface area (Å²) in [5.74, 6) is -1.36. The van der Waals surface area contributed by atoms with Crippen molar-refractivity contribution in [2.45, 2.75) is 6.54 Å². The Morgan fingerprint density at radius 2 is 1.76 bits per heavy atom. The lowest BCUT2D eigenvalue weighted by atomic mass is 10.1. The van der Waals surface area contributed by atoms with Gasteiger partial charge in [0.15, 0.2) is 11.5 Å². The van der Waals surface area contributed by atoms with Crippen molar-refractivity contribution in [2.75, 3.05) is 14.2 Å². The van der Waals surface area contributed by atoms with Crippen molar-refractivity contribution in [3.8, 4) is 11.5 Å². The van der Waals surface area contributed by atoms with E-state index in [4.69, 9.17) is 13.9 Å². The number of hydrogen-bond acceptors (Lipinski definition) is 8. The summed E-state index contributed by atoms with van der Waals surface area (Å²) in [7, 11) is 2.68. The van der Waals surface area contributed by atoms with Crippen LogP contribution in [0.3, 0.4) is 0 Å². The molecular weight excluding hydrogens is 442 g/mol. The van der Waals surface area contributed by atoms with Crippen LogP contribution in [0.25, 0.3) is 6.08 Å². The molecule has 34 heavy (non-hydrogen) atoms. The third-order valence-electron chi connectivity index (χ3n) is 5.10. The summed E-state index contributed by atoms with van der Waals surface area (Å²) in [5, 5.41) is 0. The number of carbonyl (C=O) groups excluding carboxylic acids is 4. The molecule has 0 saturated carbocycles. The van der Waals surface area contributed by atoms with Gasteiger partial charge in [0.25, 0.3) is 11.8 Å². The second-order valence-corrected chi connectivity index (χ2v) is 7.19. The molecule has 4 rings (SSSR count). The van der Waals surface area contributed by atoms with Crippen molar-refractivity contribution in [3.63, 3.8) is 0 Å². The van der Waals surface area contributed by atoms with Crippen molar-refractivity contribution in [2.24, 2.45) is 0 Å². The maximum atomic E-state index is 12.8. The molecule has 0 fully saturated rings. The van der Waals surface area contributed by atoms with Gasteiger partial charge in [0.05, 0.1) is 43.7 Å². The monoisotopic (exact) mass is 461 g/mol. The number of benzene rings is 2. The van der Waals surface area contributed by atoms with Crippen molar-refractivity contribution < 1.29 is 37.8 Å². The van der Waals surface area contributed by atoms with E-state index in [2.05, 4.69) is 4.74 Å². The number of nitrogens with zero attached hydrogens (tertiary/aromatic N) is 1. The Morgan fingerprint density at radius 1 is 0.971 bits per heavy atom. The highest BCUT2D eigenvalue weighted by Gasteiger charge is 2.36. The molecule has 0 atom stereocenters. The highest BCUT2D eigenvalue weighted by atomic mass is 16.6. The number of esters is 2. The maximum Gasteiger partial charge on any atom is 0.343 e. The minimum Gasteiger partial charge on any atom is -0.493 e. The van der Waals surface area contributed by atoms with E-state index in [1.807, 2.05) is 0 Å². The van der Waals surface area contributed by atoms with Crippen LogP contribution in [-0.4, -0.2) is 42.9 Å². The van der Waals surface area contributed by atoms with Crippen LogP contribution in [0.2, 0.25) is 0 Å². The molecule has 0 spiro atoms. The van der Waals surface area contributed by atoms with E-state index < -0.39 is 23.8 Å².